The maximum Gasteiger partial charge on any atom is 0.242 e. The maximum absolute atomic E-state index is 13.5. The lowest BCUT2D eigenvalue weighted by Gasteiger charge is -2.28. The molecule has 0 saturated carbocycles. The first-order valence-corrected chi connectivity index (χ1v) is 12.7. The van der Waals surface area contributed by atoms with Crippen molar-refractivity contribution < 1.29 is 23.1 Å². The Labute approximate surface area is 216 Å². The fourth-order valence-corrected chi connectivity index (χ4v) is 4.09. The number of ether oxygens (including phenoxy) is 1. The van der Waals surface area contributed by atoms with Crippen molar-refractivity contribution in [2.45, 2.75) is 52.1 Å². The van der Waals surface area contributed by atoms with Crippen LogP contribution >= 0.6 is 0 Å². The molecule has 2 aromatic carbocycles. The highest BCUT2D eigenvalue weighted by atomic mass is 19.1. The predicted octanol–water partition coefficient (Wildman–Crippen LogP) is 4.91. The number of methoxy groups -OCH3 is 1. The molecular weight excluding hydrogens is 475 g/mol. The van der Waals surface area contributed by atoms with Crippen molar-refractivity contribution in [2.24, 2.45) is 0 Å². The number of rotatable bonds is 14. The largest absolute Gasteiger partial charge is 0.464 e. The second-order valence-corrected chi connectivity index (χ2v) is 9.08. The van der Waals surface area contributed by atoms with Gasteiger partial charge in [0.15, 0.2) is 5.43 Å². The Balaban J connectivity index is 1.83. The lowest BCUT2D eigenvalue weighted by Crippen LogP contribution is -2.44. The second-order valence-electron chi connectivity index (χ2n) is 9.08. The van der Waals surface area contributed by atoms with Gasteiger partial charge in [0, 0.05) is 26.6 Å². The summed E-state index contributed by atoms with van der Waals surface area (Å²) in [6, 6.07) is 12.8. The van der Waals surface area contributed by atoms with E-state index in [4.69, 9.17) is 9.15 Å². The zero-order valence-corrected chi connectivity index (χ0v) is 21.6. The molecule has 198 valence electrons. The number of unbranched alkanes of at least 4 members (excludes halogenated alkanes) is 3. The molecule has 0 aliphatic heterocycles. The lowest BCUT2D eigenvalue weighted by atomic mass is 10.1. The third kappa shape index (κ3) is 8.25. The van der Waals surface area contributed by atoms with E-state index in [0.29, 0.717) is 35.1 Å². The Bertz CT molecular complexity index is 1220. The van der Waals surface area contributed by atoms with Crippen LogP contribution in [0.15, 0.2) is 64.0 Å². The van der Waals surface area contributed by atoms with Gasteiger partial charge in [0.2, 0.25) is 11.8 Å². The smallest absolute Gasteiger partial charge is 0.242 e. The summed E-state index contributed by atoms with van der Waals surface area (Å²) in [6.45, 7) is 2.70. The van der Waals surface area contributed by atoms with Crippen molar-refractivity contribution in [1.82, 2.24) is 9.80 Å². The quantitative estimate of drug-likeness (QED) is 0.288. The molecule has 0 unspecified atom stereocenters. The number of benzene rings is 2. The molecule has 2 amide bonds. The van der Waals surface area contributed by atoms with Crippen molar-refractivity contribution >= 4 is 22.8 Å². The van der Waals surface area contributed by atoms with Crippen LogP contribution in [-0.2, 0) is 27.4 Å². The van der Waals surface area contributed by atoms with Crippen molar-refractivity contribution in [2.75, 3.05) is 26.8 Å². The normalized spacial score (nSPS) is 11.0. The van der Waals surface area contributed by atoms with Gasteiger partial charge in [-0.3, -0.25) is 14.4 Å². The summed E-state index contributed by atoms with van der Waals surface area (Å²) in [4.78, 5) is 42.6. The lowest BCUT2D eigenvalue weighted by molar-refractivity contribution is -0.141. The van der Waals surface area contributed by atoms with Crippen molar-refractivity contribution in [3.63, 3.8) is 0 Å². The monoisotopic (exact) mass is 510 g/mol. The Morgan fingerprint density at radius 3 is 2.43 bits per heavy atom. The van der Waals surface area contributed by atoms with E-state index in [0.717, 1.165) is 25.7 Å². The fourth-order valence-electron chi connectivity index (χ4n) is 4.09. The van der Waals surface area contributed by atoms with E-state index >= 15 is 0 Å². The second kappa shape index (κ2) is 14.3. The zero-order valence-electron chi connectivity index (χ0n) is 21.6. The summed E-state index contributed by atoms with van der Waals surface area (Å²) in [7, 11) is 1.55. The summed E-state index contributed by atoms with van der Waals surface area (Å²) in [6.07, 6.45) is 5.59. The molecule has 0 atom stereocenters. The number of carbonyl (C=O) groups excluding carboxylic acids is 2. The van der Waals surface area contributed by atoms with E-state index in [1.807, 2.05) is 0 Å². The van der Waals surface area contributed by atoms with Crippen LogP contribution in [0.3, 0.4) is 0 Å². The van der Waals surface area contributed by atoms with Gasteiger partial charge >= 0.3 is 0 Å². The van der Waals surface area contributed by atoms with Crippen molar-refractivity contribution in [3.8, 4) is 0 Å². The van der Waals surface area contributed by atoms with Crippen LogP contribution < -0.4 is 5.43 Å². The summed E-state index contributed by atoms with van der Waals surface area (Å²) < 4.78 is 24.3. The number of hydrogen-bond donors (Lipinski definition) is 0. The molecular formula is C29H35FN2O5. The molecule has 1 heterocycles. The Morgan fingerprint density at radius 2 is 1.70 bits per heavy atom. The van der Waals surface area contributed by atoms with Crippen molar-refractivity contribution in [3.05, 3.63) is 82.0 Å². The minimum absolute atomic E-state index is 0.00775. The van der Waals surface area contributed by atoms with Gasteiger partial charge in [-0.15, -0.1) is 0 Å². The predicted molar refractivity (Wildman–Crippen MR) is 140 cm³/mol. The topological polar surface area (TPSA) is 80.1 Å². The number of hydrogen-bond acceptors (Lipinski definition) is 5. The number of para-hydroxylation sites is 1. The highest BCUT2D eigenvalue weighted by molar-refractivity contribution is 5.85. The van der Waals surface area contributed by atoms with Gasteiger partial charge in [-0.05, 0) is 36.2 Å². The molecule has 3 aromatic rings. The summed E-state index contributed by atoms with van der Waals surface area (Å²) >= 11 is 0. The third-order valence-corrected chi connectivity index (χ3v) is 6.24. The van der Waals surface area contributed by atoms with Gasteiger partial charge < -0.3 is 19.0 Å². The number of amides is 2. The molecule has 0 fully saturated rings. The number of fused-ring (bicyclic) bond motifs is 1. The van der Waals surface area contributed by atoms with Crippen molar-refractivity contribution in [1.29, 1.82) is 0 Å². The van der Waals surface area contributed by atoms with E-state index in [2.05, 4.69) is 6.92 Å². The van der Waals surface area contributed by atoms with Gasteiger partial charge in [-0.2, -0.15) is 0 Å². The van der Waals surface area contributed by atoms with Gasteiger partial charge in [-0.25, -0.2) is 4.39 Å². The van der Waals surface area contributed by atoms with E-state index < -0.39 is 0 Å². The molecule has 1 aromatic heterocycles. The van der Waals surface area contributed by atoms with Gasteiger partial charge in [-0.1, -0.05) is 50.5 Å². The molecule has 37 heavy (non-hydrogen) atoms. The van der Waals surface area contributed by atoms with Crippen LogP contribution in [0.25, 0.3) is 11.0 Å². The number of carbonyl (C=O) groups is 2. The summed E-state index contributed by atoms with van der Waals surface area (Å²) in [5.41, 5.74) is 1.27. The standard InChI is InChI=1S/C29H35FN2O5/c1-3-4-5-6-11-27(33)31(16-17-36-2)20-28(34)32(18-22-12-14-24(30)15-13-22)19-23-21-37-26-10-8-7-9-25(26)29(23)35/h7-10,12-15,21H,3-6,11,16-20H2,1-2H3. The van der Waals surface area contributed by atoms with Gasteiger partial charge in [0.05, 0.1) is 36.9 Å². The molecule has 0 N–H and O–H groups in total. The zero-order chi connectivity index (χ0) is 26.6. The van der Waals surface area contributed by atoms with Crippen LogP contribution in [0.5, 0.6) is 0 Å². The summed E-state index contributed by atoms with van der Waals surface area (Å²) in [5.74, 6) is -0.806. The molecule has 0 bridgehead atoms. The third-order valence-electron chi connectivity index (χ3n) is 6.24. The first-order chi connectivity index (χ1) is 17.9. The number of nitrogens with zero attached hydrogens (tertiary/aromatic N) is 2. The van der Waals surface area contributed by atoms with E-state index in [-0.39, 0.29) is 49.2 Å². The van der Waals surface area contributed by atoms with Crippen LogP contribution in [-0.4, -0.2) is 48.4 Å². The number of halogens is 1. The Kier molecular flexibility index (Phi) is 10.8. The summed E-state index contributed by atoms with van der Waals surface area (Å²) in [5, 5.41) is 0.429. The highest BCUT2D eigenvalue weighted by Gasteiger charge is 2.23. The fraction of sp³-hybridized carbons (Fsp3) is 0.414. The average molecular weight is 511 g/mol. The van der Waals surface area contributed by atoms with E-state index in [1.54, 1.807) is 43.5 Å². The first-order valence-electron chi connectivity index (χ1n) is 12.7. The molecule has 0 saturated heterocycles. The van der Waals surface area contributed by atoms with E-state index in [1.165, 1.54) is 28.2 Å². The van der Waals surface area contributed by atoms with Crippen LogP contribution in [0.1, 0.15) is 50.2 Å². The minimum atomic E-state index is -0.379. The molecule has 0 radical (unpaired) electrons. The van der Waals surface area contributed by atoms with Crippen LogP contribution in [0.2, 0.25) is 0 Å². The first kappa shape index (κ1) is 28.1. The Hall–Kier alpha value is -3.52. The molecule has 0 aliphatic carbocycles. The van der Waals surface area contributed by atoms with Crippen LogP contribution in [0, 0.1) is 5.82 Å². The molecule has 0 spiro atoms. The maximum atomic E-state index is 13.5. The van der Waals surface area contributed by atoms with Crippen LogP contribution in [0.4, 0.5) is 4.39 Å². The minimum Gasteiger partial charge on any atom is -0.464 e. The molecule has 7 nitrogen and oxygen atoms in total. The molecule has 0 aliphatic rings. The SMILES string of the molecule is CCCCCCC(=O)N(CCOC)CC(=O)N(Cc1ccc(F)cc1)Cc1coc2ccccc2c1=O. The highest BCUT2D eigenvalue weighted by Crippen LogP contribution is 2.15. The van der Waals surface area contributed by atoms with Gasteiger partial charge in [0.1, 0.15) is 11.4 Å². The Morgan fingerprint density at radius 1 is 0.946 bits per heavy atom. The average Bonchev–Trinajstić information content (AvgIpc) is 2.91. The molecule has 3 rings (SSSR count). The molecule has 8 heteroatoms. The van der Waals surface area contributed by atoms with E-state index in [9.17, 15) is 18.8 Å². The van der Waals surface area contributed by atoms with Gasteiger partial charge in [0.25, 0.3) is 0 Å².